The molecule has 58 valence electrons. The number of nitrogens with one attached hydrogen (secondary N) is 1. The first-order valence-corrected chi connectivity index (χ1v) is 3.89. The number of hydrogen-bond acceptors (Lipinski definition) is 2. The van der Waals surface area contributed by atoms with Gasteiger partial charge in [-0.3, -0.25) is 5.32 Å². The molecule has 0 aromatic heterocycles. The van der Waals surface area contributed by atoms with E-state index in [9.17, 15) is 0 Å². The van der Waals surface area contributed by atoms with Crippen molar-refractivity contribution in [2.45, 2.75) is 31.7 Å². The third-order valence-corrected chi connectivity index (χ3v) is 2.02. The summed E-state index contributed by atoms with van der Waals surface area (Å²) in [6, 6.07) is 2.30. The highest BCUT2D eigenvalue weighted by atomic mass is 15.0. The van der Waals surface area contributed by atoms with Crippen molar-refractivity contribution in [1.82, 2.24) is 5.32 Å². The fourth-order valence-corrected chi connectivity index (χ4v) is 1.33. The second-order valence-corrected chi connectivity index (χ2v) is 2.83. The summed E-state index contributed by atoms with van der Waals surface area (Å²) >= 11 is 0. The van der Waals surface area contributed by atoms with Crippen LogP contribution in [0, 0.1) is 23.2 Å². The van der Waals surface area contributed by atoms with Gasteiger partial charge in [0.2, 0.25) is 0 Å². The number of nitriles is 1. The van der Waals surface area contributed by atoms with E-state index < -0.39 is 0 Å². The first-order chi connectivity index (χ1) is 5.33. The summed E-state index contributed by atoms with van der Waals surface area (Å²) in [7, 11) is 0. The minimum absolute atomic E-state index is 0.330. The molecule has 2 nitrogen and oxygen atoms in total. The van der Waals surface area contributed by atoms with Crippen molar-refractivity contribution < 1.29 is 0 Å². The fraction of sp³-hybridized carbons (Fsp3) is 0.667. The van der Waals surface area contributed by atoms with Gasteiger partial charge in [-0.2, -0.15) is 5.26 Å². The molecule has 1 heterocycles. The van der Waals surface area contributed by atoms with Crippen LogP contribution in [0.25, 0.3) is 0 Å². The Balaban J connectivity index is 2.59. The zero-order valence-corrected chi connectivity index (χ0v) is 6.78. The lowest BCUT2D eigenvalue weighted by atomic mass is 9.96. The average Bonchev–Trinajstić information content (AvgIpc) is 2.50. The Morgan fingerprint density at radius 3 is 2.91 bits per heavy atom. The predicted molar refractivity (Wildman–Crippen MR) is 43.6 cm³/mol. The van der Waals surface area contributed by atoms with Gasteiger partial charge in [0.1, 0.15) is 5.54 Å². The second kappa shape index (κ2) is 3.42. The molecule has 0 bridgehead atoms. The Morgan fingerprint density at radius 1 is 1.64 bits per heavy atom. The molecular formula is C9H12N2. The highest BCUT2D eigenvalue weighted by Gasteiger charge is 2.32. The standard InChI is InChI=1S/C9H12N2/c1-2-3-5-9(8-10)6-4-7-11-9/h11H,4-7H2,1H3. The van der Waals surface area contributed by atoms with Gasteiger partial charge in [0.15, 0.2) is 0 Å². The largest absolute Gasteiger partial charge is 0.299 e. The third-order valence-electron chi connectivity index (χ3n) is 2.02. The molecule has 0 amide bonds. The molecule has 0 aromatic carbocycles. The van der Waals surface area contributed by atoms with Gasteiger partial charge in [-0.05, 0) is 26.3 Å². The van der Waals surface area contributed by atoms with Crippen LogP contribution in [-0.2, 0) is 0 Å². The molecule has 0 radical (unpaired) electrons. The zero-order valence-electron chi connectivity index (χ0n) is 6.78. The summed E-state index contributed by atoms with van der Waals surface area (Å²) in [6.45, 7) is 2.76. The molecule has 1 atom stereocenters. The van der Waals surface area contributed by atoms with E-state index in [2.05, 4.69) is 23.2 Å². The van der Waals surface area contributed by atoms with E-state index in [1.807, 2.05) is 0 Å². The van der Waals surface area contributed by atoms with Crippen molar-refractivity contribution in [1.29, 1.82) is 5.26 Å². The molecule has 2 heteroatoms. The maximum atomic E-state index is 8.86. The van der Waals surface area contributed by atoms with Crippen molar-refractivity contribution in [3.05, 3.63) is 0 Å². The van der Waals surface area contributed by atoms with Gasteiger partial charge in [-0.1, -0.05) is 0 Å². The summed E-state index contributed by atoms with van der Waals surface area (Å²) in [5, 5.41) is 12.1. The molecule has 0 spiro atoms. The normalized spacial score (nSPS) is 28.7. The summed E-state index contributed by atoms with van der Waals surface area (Å²) in [5.74, 6) is 5.76. The summed E-state index contributed by atoms with van der Waals surface area (Å²) < 4.78 is 0. The Hall–Kier alpha value is -0.990. The highest BCUT2D eigenvalue weighted by molar-refractivity contribution is 5.16. The zero-order chi connectivity index (χ0) is 8.16. The molecule has 1 aliphatic rings. The van der Waals surface area contributed by atoms with E-state index in [1.165, 1.54) is 0 Å². The van der Waals surface area contributed by atoms with Crippen LogP contribution in [0.4, 0.5) is 0 Å². The minimum Gasteiger partial charge on any atom is -0.299 e. The lowest BCUT2D eigenvalue weighted by molar-refractivity contribution is 0.496. The van der Waals surface area contributed by atoms with E-state index in [0.717, 1.165) is 19.4 Å². The molecular weight excluding hydrogens is 136 g/mol. The molecule has 1 rings (SSSR count). The molecule has 11 heavy (non-hydrogen) atoms. The minimum atomic E-state index is -0.330. The van der Waals surface area contributed by atoms with Gasteiger partial charge in [-0.25, -0.2) is 0 Å². The molecule has 1 fully saturated rings. The van der Waals surface area contributed by atoms with E-state index in [0.29, 0.717) is 6.42 Å². The number of hydrogen-bond donors (Lipinski definition) is 1. The maximum Gasteiger partial charge on any atom is 0.117 e. The summed E-state index contributed by atoms with van der Waals surface area (Å²) in [4.78, 5) is 0. The Labute approximate surface area is 67.6 Å². The van der Waals surface area contributed by atoms with Crippen molar-refractivity contribution in [3.63, 3.8) is 0 Å². The van der Waals surface area contributed by atoms with Gasteiger partial charge >= 0.3 is 0 Å². The Kier molecular flexibility index (Phi) is 2.52. The van der Waals surface area contributed by atoms with E-state index in [1.54, 1.807) is 6.92 Å². The van der Waals surface area contributed by atoms with Crippen LogP contribution in [0.15, 0.2) is 0 Å². The van der Waals surface area contributed by atoms with Crippen molar-refractivity contribution in [2.75, 3.05) is 6.54 Å². The fourth-order valence-electron chi connectivity index (χ4n) is 1.33. The van der Waals surface area contributed by atoms with Crippen molar-refractivity contribution in [2.24, 2.45) is 0 Å². The van der Waals surface area contributed by atoms with Crippen molar-refractivity contribution >= 4 is 0 Å². The molecule has 0 aliphatic carbocycles. The predicted octanol–water partition coefficient (Wildman–Crippen LogP) is 1.05. The molecule has 0 saturated carbocycles. The third kappa shape index (κ3) is 1.73. The van der Waals surface area contributed by atoms with Gasteiger partial charge in [0.05, 0.1) is 6.07 Å². The van der Waals surface area contributed by atoms with E-state index in [-0.39, 0.29) is 5.54 Å². The van der Waals surface area contributed by atoms with E-state index in [4.69, 9.17) is 5.26 Å². The van der Waals surface area contributed by atoms with Crippen LogP contribution in [0.3, 0.4) is 0 Å². The number of rotatable bonds is 1. The molecule has 1 unspecified atom stereocenters. The van der Waals surface area contributed by atoms with Crippen LogP contribution >= 0.6 is 0 Å². The van der Waals surface area contributed by atoms with Crippen LogP contribution in [0.5, 0.6) is 0 Å². The SMILES string of the molecule is CC#CCC1(C#N)CCCN1. The van der Waals surface area contributed by atoms with Gasteiger partial charge < -0.3 is 0 Å². The first kappa shape index (κ1) is 8.11. The first-order valence-electron chi connectivity index (χ1n) is 3.89. The highest BCUT2D eigenvalue weighted by Crippen LogP contribution is 2.21. The Morgan fingerprint density at radius 2 is 2.45 bits per heavy atom. The van der Waals surface area contributed by atoms with Crippen LogP contribution in [0.1, 0.15) is 26.2 Å². The summed E-state index contributed by atoms with van der Waals surface area (Å²) in [6.07, 6.45) is 2.71. The molecule has 1 aliphatic heterocycles. The summed E-state index contributed by atoms with van der Waals surface area (Å²) in [5.41, 5.74) is -0.330. The number of nitrogens with zero attached hydrogens (tertiary/aromatic N) is 1. The quantitative estimate of drug-likeness (QED) is 0.564. The van der Waals surface area contributed by atoms with Crippen LogP contribution < -0.4 is 5.32 Å². The second-order valence-electron chi connectivity index (χ2n) is 2.83. The smallest absolute Gasteiger partial charge is 0.117 e. The van der Waals surface area contributed by atoms with Gasteiger partial charge in [0.25, 0.3) is 0 Å². The lowest BCUT2D eigenvalue weighted by Gasteiger charge is -2.16. The van der Waals surface area contributed by atoms with E-state index >= 15 is 0 Å². The molecule has 0 aromatic rings. The average molecular weight is 148 g/mol. The van der Waals surface area contributed by atoms with Gasteiger partial charge in [-0.15, -0.1) is 11.8 Å². The Bertz CT molecular complexity index is 220. The monoisotopic (exact) mass is 148 g/mol. The van der Waals surface area contributed by atoms with Crippen LogP contribution in [0.2, 0.25) is 0 Å². The maximum absolute atomic E-state index is 8.86. The molecule has 1 N–H and O–H groups in total. The topological polar surface area (TPSA) is 35.8 Å². The van der Waals surface area contributed by atoms with Crippen LogP contribution in [-0.4, -0.2) is 12.1 Å². The van der Waals surface area contributed by atoms with Gasteiger partial charge in [0, 0.05) is 6.42 Å². The molecule has 1 saturated heterocycles. The lowest BCUT2D eigenvalue weighted by Crippen LogP contribution is -2.37. The van der Waals surface area contributed by atoms with Crippen molar-refractivity contribution in [3.8, 4) is 17.9 Å².